The number of nitrogens with one attached hydrogen (secondary N) is 1. The van der Waals surface area contributed by atoms with Crippen molar-refractivity contribution in [3.63, 3.8) is 0 Å². The fourth-order valence-electron chi connectivity index (χ4n) is 3.10. The number of anilines is 1. The quantitative estimate of drug-likeness (QED) is 0.423. The second-order valence-corrected chi connectivity index (χ2v) is 7.27. The Bertz CT molecular complexity index is 1130. The molecule has 0 unspecified atom stereocenters. The van der Waals surface area contributed by atoms with E-state index in [2.05, 4.69) is 17.2 Å². The zero-order valence-corrected chi connectivity index (χ0v) is 17.1. The highest BCUT2D eigenvalue weighted by molar-refractivity contribution is 6.04. The maximum absolute atomic E-state index is 12.6. The van der Waals surface area contributed by atoms with E-state index in [0.717, 1.165) is 23.3 Å². The summed E-state index contributed by atoms with van der Waals surface area (Å²) in [6.07, 6.45) is 1.70. The highest BCUT2D eigenvalue weighted by atomic mass is 16.5. The number of ether oxygens (including phenoxy) is 1. The molecule has 1 amide bonds. The van der Waals surface area contributed by atoms with Crippen LogP contribution in [-0.2, 0) is 6.42 Å². The number of carbonyl (C=O) groups excluding carboxylic acids is 1. The highest BCUT2D eigenvalue weighted by Crippen LogP contribution is 2.22. The van der Waals surface area contributed by atoms with Crippen molar-refractivity contribution in [1.82, 2.24) is 4.98 Å². The van der Waals surface area contributed by atoms with Gasteiger partial charge in [-0.05, 0) is 61.4 Å². The molecule has 0 radical (unpaired) electrons. The van der Waals surface area contributed by atoms with Crippen molar-refractivity contribution in [3.8, 4) is 5.75 Å². The normalized spacial score (nSPS) is 11.9. The Morgan fingerprint density at radius 3 is 2.57 bits per heavy atom. The second-order valence-electron chi connectivity index (χ2n) is 7.27. The van der Waals surface area contributed by atoms with Gasteiger partial charge in [-0.1, -0.05) is 37.3 Å². The van der Waals surface area contributed by atoms with Crippen molar-refractivity contribution >= 4 is 22.7 Å². The predicted octanol–water partition coefficient (Wildman–Crippen LogP) is 5.85. The highest BCUT2D eigenvalue weighted by Gasteiger charge is 2.11. The van der Waals surface area contributed by atoms with E-state index in [1.54, 1.807) is 12.1 Å². The summed E-state index contributed by atoms with van der Waals surface area (Å²) in [6.45, 7) is 4.09. The first kappa shape index (κ1) is 19.7. The van der Waals surface area contributed by atoms with Crippen molar-refractivity contribution < 1.29 is 13.9 Å². The second kappa shape index (κ2) is 8.82. The molecule has 1 aromatic heterocycles. The monoisotopic (exact) mass is 400 g/mol. The van der Waals surface area contributed by atoms with E-state index in [-0.39, 0.29) is 12.0 Å². The lowest BCUT2D eigenvalue weighted by Crippen LogP contribution is -2.12. The molecule has 0 spiro atoms. The predicted molar refractivity (Wildman–Crippen MR) is 118 cm³/mol. The molecule has 0 saturated heterocycles. The van der Waals surface area contributed by atoms with E-state index in [1.807, 2.05) is 67.6 Å². The largest absolute Gasteiger partial charge is 0.491 e. The lowest BCUT2D eigenvalue weighted by molar-refractivity contribution is 0.102. The van der Waals surface area contributed by atoms with Gasteiger partial charge in [-0.15, -0.1) is 0 Å². The minimum absolute atomic E-state index is 0.144. The Morgan fingerprint density at radius 2 is 1.83 bits per heavy atom. The molecule has 1 N–H and O–H groups in total. The Morgan fingerprint density at radius 1 is 1.07 bits per heavy atom. The van der Waals surface area contributed by atoms with Crippen LogP contribution in [0.25, 0.3) is 11.1 Å². The average Bonchev–Trinajstić information content (AvgIpc) is 3.16. The van der Waals surface area contributed by atoms with Gasteiger partial charge in [0.1, 0.15) is 11.3 Å². The van der Waals surface area contributed by atoms with Crippen LogP contribution in [0.4, 0.5) is 5.69 Å². The van der Waals surface area contributed by atoms with E-state index in [1.165, 1.54) is 0 Å². The van der Waals surface area contributed by atoms with Crippen LogP contribution in [0.1, 0.15) is 42.1 Å². The number of aromatic nitrogens is 1. The van der Waals surface area contributed by atoms with Crippen molar-refractivity contribution in [2.45, 2.75) is 32.8 Å². The Balaban J connectivity index is 1.45. The lowest BCUT2D eigenvalue weighted by Gasteiger charge is -2.12. The SMILES string of the molecule is CC[C@@H](C)Oc1ccc(C(=O)Nc2ccc3oc(Cc4ccccc4)nc3c2)cc1. The summed E-state index contributed by atoms with van der Waals surface area (Å²) in [7, 11) is 0. The first-order valence-corrected chi connectivity index (χ1v) is 10.1. The van der Waals surface area contributed by atoms with E-state index in [0.29, 0.717) is 29.1 Å². The zero-order valence-electron chi connectivity index (χ0n) is 17.1. The number of hydrogen-bond donors (Lipinski definition) is 1. The third kappa shape index (κ3) is 4.69. The summed E-state index contributed by atoms with van der Waals surface area (Å²) in [4.78, 5) is 17.2. The molecular formula is C25H24N2O3. The van der Waals surface area contributed by atoms with Gasteiger partial charge < -0.3 is 14.5 Å². The number of fused-ring (bicyclic) bond motifs is 1. The molecule has 152 valence electrons. The zero-order chi connectivity index (χ0) is 20.9. The topological polar surface area (TPSA) is 64.4 Å². The van der Waals surface area contributed by atoms with E-state index in [9.17, 15) is 4.79 Å². The maximum atomic E-state index is 12.6. The molecule has 4 rings (SSSR count). The van der Waals surface area contributed by atoms with Crippen LogP contribution in [0.5, 0.6) is 5.75 Å². The van der Waals surface area contributed by atoms with Crippen molar-refractivity contribution in [2.24, 2.45) is 0 Å². The number of benzene rings is 3. The molecule has 0 aliphatic carbocycles. The summed E-state index contributed by atoms with van der Waals surface area (Å²) in [6, 6.07) is 22.7. The van der Waals surface area contributed by atoms with Crippen molar-refractivity contribution in [3.05, 3.63) is 89.8 Å². The van der Waals surface area contributed by atoms with Crippen LogP contribution < -0.4 is 10.1 Å². The minimum Gasteiger partial charge on any atom is -0.491 e. The minimum atomic E-state index is -0.183. The average molecular weight is 400 g/mol. The number of amides is 1. The molecule has 0 bridgehead atoms. The van der Waals surface area contributed by atoms with Gasteiger partial charge in [0.25, 0.3) is 5.91 Å². The lowest BCUT2D eigenvalue weighted by atomic mass is 10.1. The molecular weight excluding hydrogens is 376 g/mol. The van der Waals surface area contributed by atoms with Crippen LogP contribution in [0.15, 0.2) is 77.2 Å². The fraction of sp³-hybridized carbons (Fsp3) is 0.200. The first-order chi connectivity index (χ1) is 14.6. The third-order valence-corrected chi connectivity index (χ3v) is 4.92. The van der Waals surface area contributed by atoms with Crippen LogP contribution in [0, 0.1) is 0 Å². The smallest absolute Gasteiger partial charge is 0.255 e. The number of rotatable bonds is 7. The van der Waals surface area contributed by atoms with E-state index >= 15 is 0 Å². The molecule has 0 aliphatic rings. The van der Waals surface area contributed by atoms with Gasteiger partial charge in [0.2, 0.25) is 0 Å². The van der Waals surface area contributed by atoms with Crippen LogP contribution >= 0.6 is 0 Å². The van der Waals surface area contributed by atoms with E-state index in [4.69, 9.17) is 9.15 Å². The Kier molecular flexibility index (Phi) is 5.80. The number of hydrogen-bond acceptors (Lipinski definition) is 4. The fourth-order valence-corrected chi connectivity index (χ4v) is 3.10. The molecule has 5 nitrogen and oxygen atoms in total. The molecule has 1 heterocycles. The first-order valence-electron chi connectivity index (χ1n) is 10.1. The summed E-state index contributed by atoms with van der Waals surface area (Å²) in [5, 5.41) is 2.92. The van der Waals surface area contributed by atoms with Crippen LogP contribution in [0.2, 0.25) is 0 Å². The molecule has 1 atom stereocenters. The molecule has 0 saturated carbocycles. The van der Waals surface area contributed by atoms with Gasteiger partial charge in [-0.3, -0.25) is 4.79 Å². The van der Waals surface area contributed by atoms with Gasteiger partial charge in [0.05, 0.1) is 6.10 Å². The number of nitrogens with zero attached hydrogens (tertiary/aromatic N) is 1. The van der Waals surface area contributed by atoms with Crippen molar-refractivity contribution in [2.75, 3.05) is 5.32 Å². The summed E-state index contributed by atoms with van der Waals surface area (Å²) >= 11 is 0. The van der Waals surface area contributed by atoms with Gasteiger partial charge in [-0.2, -0.15) is 0 Å². The summed E-state index contributed by atoms with van der Waals surface area (Å²) in [5.74, 6) is 1.23. The number of oxazole rings is 1. The van der Waals surface area contributed by atoms with Crippen LogP contribution in [0.3, 0.4) is 0 Å². The third-order valence-electron chi connectivity index (χ3n) is 4.92. The number of carbonyl (C=O) groups is 1. The molecule has 4 aromatic rings. The van der Waals surface area contributed by atoms with Gasteiger partial charge in [0, 0.05) is 17.7 Å². The summed E-state index contributed by atoms with van der Waals surface area (Å²) in [5.41, 5.74) is 3.79. The Hall–Kier alpha value is -3.60. The standard InChI is InChI=1S/C25H24N2O3/c1-3-17(2)29-21-12-9-19(10-13-21)25(28)26-20-11-14-23-22(16-20)27-24(30-23)15-18-7-5-4-6-8-18/h4-14,16-17H,3,15H2,1-2H3,(H,26,28)/t17-/m1/s1. The molecule has 0 aliphatic heterocycles. The van der Waals surface area contributed by atoms with Crippen molar-refractivity contribution in [1.29, 1.82) is 0 Å². The van der Waals surface area contributed by atoms with Gasteiger partial charge >= 0.3 is 0 Å². The van der Waals surface area contributed by atoms with Crippen LogP contribution in [-0.4, -0.2) is 17.0 Å². The maximum Gasteiger partial charge on any atom is 0.255 e. The Labute approximate surface area is 175 Å². The summed E-state index contributed by atoms with van der Waals surface area (Å²) < 4.78 is 11.6. The van der Waals surface area contributed by atoms with Gasteiger partial charge in [0.15, 0.2) is 11.5 Å². The molecule has 0 fully saturated rings. The van der Waals surface area contributed by atoms with Gasteiger partial charge in [-0.25, -0.2) is 4.98 Å². The molecule has 3 aromatic carbocycles. The van der Waals surface area contributed by atoms with E-state index < -0.39 is 0 Å². The molecule has 5 heteroatoms. The molecule has 30 heavy (non-hydrogen) atoms.